The molecule has 3 rings (SSSR count). The predicted octanol–water partition coefficient (Wildman–Crippen LogP) is 2.07. The number of carbonyl (C=O) groups excluding carboxylic acids is 1. The number of carbonyl (C=O) groups is 1. The third kappa shape index (κ3) is 4.12. The van der Waals surface area contributed by atoms with Gasteiger partial charge in [0.05, 0.1) is 7.11 Å². The van der Waals surface area contributed by atoms with Gasteiger partial charge < -0.3 is 9.64 Å². The molecule has 0 saturated carbocycles. The average molecular weight is 396 g/mol. The van der Waals surface area contributed by atoms with Gasteiger partial charge in [-0.15, -0.1) is 0 Å². The third-order valence-electron chi connectivity index (χ3n) is 5.75. The molecule has 0 aromatic heterocycles. The Bertz CT molecular complexity index is 766. The SMILES string of the molecule is CC[C@@H]1CCCCN1C(=O)[C@H]1C[C@H](c2ccc(OC)cc2)NS(=O)(=O)N1C. The van der Waals surface area contributed by atoms with E-state index in [1.807, 2.05) is 17.0 Å². The van der Waals surface area contributed by atoms with Gasteiger partial charge in [0.15, 0.2) is 0 Å². The summed E-state index contributed by atoms with van der Waals surface area (Å²) >= 11 is 0. The van der Waals surface area contributed by atoms with Crippen LogP contribution in [0.4, 0.5) is 0 Å². The van der Waals surface area contributed by atoms with Gasteiger partial charge >= 0.3 is 0 Å². The highest BCUT2D eigenvalue weighted by Gasteiger charge is 2.43. The molecule has 1 aromatic carbocycles. The van der Waals surface area contributed by atoms with Crippen molar-refractivity contribution < 1.29 is 17.9 Å². The highest BCUT2D eigenvalue weighted by atomic mass is 32.2. The minimum absolute atomic E-state index is 0.0763. The van der Waals surface area contributed by atoms with Gasteiger partial charge in [0.1, 0.15) is 11.8 Å². The van der Waals surface area contributed by atoms with E-state index in [9.17, 15) is 13.2 Å². The Hall–Kier alpha value is -1.64. The molecule has 0 spiro atoms. The van der Waals surface area contributed by atoms with Gasteiger partial charge in [-0.25, -0.2) is 0 Å². The molecule has 0 unspecified atom stereocenters. The number of hydrogen-bond donors (Lipinski definition) is 1. The van der Waals surface area contributed by atoms with Crippen LogP contribution in [0.3, 0.4) is 0 Å². The van der Waals surface area contributed by atoms with Crippen molar-refractivity contribution in [2.24, 2.45) is 0 Å². The second-order valence-corrected chi connectivity index (χ2v) is 9.07. The van der Waals surface area contributed by atoms with Gasteiger partial charge in [-0.05, 0) is 49.8 Å². The van der Waals surface area contributed by atoms with Crippen molar-refractivity contribution in [3.05, 3.63) is 29.8 Å². The molecule has 3 atom stereocenters. The lowest BCUT2D eigenvalue weighted by Crippen LogP contribution is -2.59. The van der Waals surface area contributed by atoms with Crippen molar-refractivity contribution in [2.45, 2.75) is 57.2 Å². The smallest absolute Gasteiger partial charge is 0.280 e. The van der Waals surface area contributed by atoms with Gasteiger partial charge in [0.25, 0.3) is 10.2 Å². The van der Waals surface area contributed by atoms with Crippen LogP contribution >= 0.6 is 0 Å². The molecule has 2 aliphatic heterocycles. The van der Waals surface area contributed by atoms with Crippen LogP contribution in [0.2, 0.25) is 0 Å². The highest BCUT2D eigenvalue weighted by molar-refractivity contribution is 7.87. The Labute approximate surface area is 161 Å². The number of rotatable bonds is 4. The summed E-state index contributed by atoms with van der Waals surface area (Å²) in [6.07, 6.45) is 4.40. The molecule has 2 heterocycles. The monoisotopic (exact) mass is 395 g/mol. The molecular formula is C19H29N3O4S. The largest absolute Gasteiger partial charge is 0.497 e. The lowest BCUT2D eigenvalue weighted by Gasteiger charge is -2.42. The van der Waals surface area contributed by atoms with E-state index in [1.54, 1.807) is 19.2 Å². The molecule has 8 heteroatoms. The van der Waals surface area contributed by atoms with Crippen LogP contribution in [0, 0.1) is 0 Å². The Morgan fingerprint density at radius 3 is 2.59 bits per heavy atom. The number of amides is 1. The van der Waals surface area contributed by atoms with Gasteiger partial charge in [-0.2, -0.15) is 17.4 Å². The molecule has 0 radical (unpaired) electrons. The van der Waals surface area contributed by atoms with Gasteiger partial charge in [-0.1, -0.05) is 19.1 Å². The summed E-state index contributed by atoms with van der Waals surface area (Å²) in [6, 6.07) is 6.37. The molecule has 2 saturated heterocycles. The number of methoxy groups -OCH3 is 1. The summed E-state index contributed by atoms with van der Waals surface area (Å²) < 4.78 is 34.4. The number of nitrogens with one attached hydrogen (secondary N) is 1. The van der Waals surface area contributed by atoms with Gasteiger partial charge in [0, 0.05) is 25.7 Å². The van der Waals surface area contributed by atoms with Gasteiger partial charge in [-0.3, -0.25) is 4.79 Å². The Morgan fingerprint density at radius 2 is 1.96 bits per heavy atom. The lowest BCUT2D eigenvalue weighted by molar-refractivity contribution is -0.139. The maximum Gasteiger partial charge on any atom is 0.280 e. The van der Waals surface area contributed by atoms with Crippen LogP contribution in [-0.2, 0) is 15.0 Å². The van der Waals surface area contributed by atoms with E-state index in [0.717, 1.165) is 31.2 Å². The number of likely N-dealkylation sites (N-methyl/N-ethyl adjacent to an activating group) is 1. The molecular weight excluding hydrogens is 366 g/mol. The van der Waals surface area contributed by atoms with E-state index in [-0.39, 0.29) is 11.9 Å². The Kier molecular flexibility index (Phi) is 6.08. The number of ether oxygens (including phenoxy) is 1. The van der Waals surface area contributed by atoms with Gasteiger partial charge in [0.2, 0.25) is 5.91 Å². The van der Waals surface area contributed by atoms with Crippen LogP contribution in [0.25, 0.3) is 0 Å². The Morgan fingerprint density at radius 1 is 1.26 bits per heavy atom. The van der Waals surface area contributed by atoms with E-state index >= 15 is 0 Å². The van der Waals surface area contributed by atoms with E-state index in [0.29, 0.717) is 18.7 Å². The first kappa shape index (κ1) is 20.1. The predicted molar refractivity (Wildman–Crippen MR) is 104 cm³/mol. The standard InChI is InChI=1S/C19H29N3O4S/c1-4-15-7-5-6-12-22(15)19(23)18-13-17(20-27(24,25)21(18)2)14-8-10-16(26-3)11-9-14/h8-11,15,17-18,20H,4-7,12-13H2,1-3H3/t15-,17-,18-/m1/s1. The van der Waals surface area contributed by atoms with Crippen molar-refractivity contribution in [1.82, 2.24) is 13.9 Å². The van der Waals surface area contributed by atoms with Crippen molar-refractivity contribution >= 4 is 16.1 Å². The minimum Gasteiger partial charge on any atom is -0.497 e. The number of likely N-dealkylation sites (tertiary alicyclic amines) is 1. The zero-order valence-corrected chi connectivity index (χ0v) is 17.0. The fourth-order valence-electron chi connectivity index (χ4n) is 4.05. The van der Waals surface area contributed by atoms with Crippen LogP contribution in [0.15, 0.2) is 24.3 Å². The first-order valence-corrected chi connectivity index (χ1v) is 11.0. The maximum absolute atomic E-state index is 13.3. The summed E-state index contributed by atoms with van der Waals surface area (Å²) in [4.78, 5) is 15.2. The van der Waals surface area contributed by atoms with Crippen molar-refractivity contribution in [2.75, 3.05) is 20.7 Å². The second-order valence-electron chi connectivity index (χ2n) is 7.31. The molecule has 2 fully saturated rings. The lowest BCUT2D eigenvalue weighted by atomic mass is 9.95. The molecule has 0 bridgehead atoms. The fraction of sp³-hybridized carbons (Fsp3) is 0.632. The number of nitrogens with zero attached hydrogens (tertiary/aromatic N) is 2. The fourth-order valence-corrected chi connectivity index (χ4v) is 5.32. The number of piperidine rings is 1. The second kappa shape index (κ2) is 8.16. The number of hydrogen-bond acceptors (Lipinski definition) is 4. The first-order valence-electron chi connectivity index (χ1n) is 9.57. The summed E-state index contributed by atoms with van der Waals surface area (Å²) in [5.74, 6) is 0.633. The van der Waals surface area contributed by atoms with E-state index < -0.39 is 22.3 Å². The van der Waals surface area contributed by atoms with Crippen LogP contribution in [0.5, 0.6) is 5.75 Å². The molecule has 27 heavy (non-hydrogen) atoms. The molecule has 2 aliphatic rings. The summed E-state index contributed by atoms with van der Waals surface area (Å²) in [7, 11) is -0.653. The highest BCUT2D eigenvalue weighted by Crippen LogP contribution is 2.31. The number of benzene rings is 1. The van der Waals surface area contributed by atoms with Crippen LogP contribution in [-0.4, -0.2) is 56.3 Å². The summed E-state index contributed by atoms with van der Waals surface area (Å²) in [5.41, 5.74) is 0.830. The third-order valence-corrected chi connectivity index (χ3v) is 7.35. The van der Waals surface area contributed by atoms with Crippen molar-refractivity contribution in [1.29, 1.82) is 0 Å². The molecule has 0 aliphatic carbocycles. The Balaban J connectivity index is 1.85. The quantitative estimate of drug-likeness (QED) is 0.846. The molecule has 7 nitrogen and oxygen atoms in total. The summed E-state index contributed by atoms with van der Waals surface area (Å²) in [6.45, 7) is 2.79. The van der Waals surface area contributed by atoms with Crippen molar-refractivity contribution in [3.8, 4) is 5.75 Å². The van der Waals surface area contributed by atoms with E-state index in [4.69, 9.17) is 4.74 Å². The normalized spacial score (nSPS) is 28.7. The molecule has 150 valence electrons. The summed E-state index contributed by atoms with van der Waals surface area (Å²) in [5, 5.41) is 0. The van der Waals surface area contributed by atoms with E-state index in [2.05, 4.69) is 11.6 Å². The van der Waals surface area contributed by atoms with E-state index in [1.165, 1.54) is 11.4 Å². The zero-order chi connectivity index (χ0) is 19.6. The maximum atomic E-state index is 13.3. The zero-order valence-electron chi connectivity index (χ0n) is 16.2. The first-order chi connectivity index (χ1) is 12.9. The van der Waals surface area contributed by atoms with Crippen LogP contribution < -0.4 is 9.46 Å². The van der Waals surface area contributed by atoms with Crippen molar-refractivity contribution in [3.63, 3.8) is 0 Å². The topological polar surface area (TPSA) is 79.0 Å². The molecule has 1 amide bonds. The average Bonchev–Trinajstić information content (AvgIpc) is 2.69. The minimum atomic E-state index is -3.73. The molecule has 1 N–H and O–H groups in total. The van der Waals surface area contributed by atoms with Crippen LogP contribution in [0.1, 0.15) is 50.6 Å². The molecule has 1 aromatic rings.